The van der Waals surface area contributed by atoms with Gasteiger partial charge in [-0.3, -0.25) is 4.79 Å². The van der Waals surface area contributed by atoms with E-state index in [4.69, 9.17) is 0 Å². The Bertz CT molecular complexity index is 1230. The molecular weight excluding hydrogens is 390 g/mol. The summed E-state index contributed by atoms with van der Waals surface area (Å²) in [7, 11) is 0. The molecule has 1 aliphatic carbocycles. The minimum Gasteiger partial charge on any atom is -0.322 e. The molecule has 0 heterocycles. The van der Waals surface area contributed by atoms with Crippen LogP contribution in [0.25, 0.3) is 6.08 Å². The molecule has 0 atom stereocenters. The van der Waals surface area contributed by atoms with Crippen molar-refractivity contribution in [2.24, 2.45) is 0 Å². The van der Waals surface area contributed by atoms with Gasteiger partial charge in [0, 0.05) is 16.7 Å². The Morgan fingerprint density at radius 2 is 1.38 bits per heavy atom. The van der Waals surface area contributed by atoms with E-state index in [9.17, 15) is 4.79 Å². The minimum absolute atomic E-state index is 0.0731. The Morgan fingerprint density at radius 3 is 2.00 bits per heavy atom. The van der Waals surface area contributed by atoms with Crippen LogP contribution in [0.5, 0.6) is 0 Å². The summed E-state index contributed by atoms with van der Waals surface area (Å²) < 4.78 is 0. The average molecular weight is 416 g/mol. The van der Waals surface area contributed by atoms with Crippen LogP contribution in [0, 0.1) is 6.92 Å². The Kier molecular flexibility index (Phi) is 5.20. The molecule has 0 radical (unpaired) electrons. The van der Waals surface area contributed by atoms with Crippen LogP contribution >= 0.6 is 0 Å². The fraction of sp³-hybridized carbons (Fsp3) is 0.100. The number of amides is 1. The highest BCUT2D eigenvalue weighted by Crippen LogP contribution is 2.42. The number of benzene rings is 4. The van der Waals surface area contributed by atoms with Gasteiger partial charge in [-0.2, -0.15) is 0 Å². The second-order valence-electron chi connectivity index (χ2n) is 8.41. The molecule has 2 heteroatoms. The van der Waals surface area contributed by atoms with Crippen LogP contribution in [0.15, 0.2) is 109 Å². The third-order valence-corrected chi connectivity index (χ3v) is 6.35. The van der Waals surface area contributed by atoms with E-state index >= 15 is 0 Å². The molecule has 1 amide bonds. The van der Waals surface area contributed by atoms with Crippen LogP contribution in [0.3, 0.4) is 0 Å². The first-order valence-electron chi connectivity index (χ1n) is 11.0. The number of allylic oxidation sites excluding steroid dienone is 1. The van der Waals surface area contributed by atoms with E-state index in [1.165, 1.54) is 16.7 Å². The number of anilines is 1. The number of hydrogen-bond donors (Lipinski definition) is 1. The van der Waals surface area contributed by atoms with Crippen molar-refractivity contribution in [2.45, 2.75) is 18.8 Å². The molecule has 0 aromatic heterocycles. The normalized spacial score (nSPS) is 13.9. The van der Waals surface area contributed by atoms with E-state index in [1.807, 2.05) is 55.5 Å². The lowest BCUT2D eigenvalue weighted by Gasteiger charge is -2.36. The number of fused-ring (bicyclic) bond motifs is 1. The number of rotatable bonds is 4. The van der Waals surface area contributed by atoms with Gasteiger partial charge in [-0.25, -0.2) is 0 Å². The lowest BCUT2D eigenvalue weighted by Crippen LogP contribution is -2.32. The molecule has 4 aromatic carbocycles. The molecule has 0 fully saturated rings. The first kappa shape index (κ1) is 20.0. The van der Waals surface area contributed by atoms with Crippen molar-refractivity contribution in [1.29, 1.82) is 0 Å². The molecule has 0 unspecified atom stereocenters. The quantitative estimate of drug-likeness (QED) is 0.390. The van der Waals surface area contributed by atoms with Crippen molar-refractivity contribution in [1.82, 2.24) is 0 Å². The number of hydrogen-bond acceptors (Lipinski definition) is 1. The Labute approximate surface area is 189 Å². The van der Waals surface area contributed by atoms with E-state index in [-0.39, 0.29) is 11.3 Å². The zero-order valence-electron chi connectivity index (χ0n) is 18.1. The molecule has 32 heavy (non-hydrogen) atoms. The van der Waals surface area contributed by atoms with E-state index in [0.717, 1.165) is 28.8 Å². The SMILES string of the molecule is Cc1ccc(NC(=O)c2cccc3c2CC(c2ccccc2)(c2ccccc2)C=C3)cc1. The molecule has 0 saturated carbocycles. The molecule has 1 aliphatic rings. The fourth-order valence-electron chi connectivity index (χ4n) is 4.61. The first-order valence-corrected chi connectivity index (χ1v) is 11.0. The third kappa shape index (κ3) is 3.65. The van der Waals surface area contributed by atoms with Gasteiger partial charge < -0.3 is 5.32 Å². The second-order valence-corrected chi connectivity index (χ2v) is 8.41. The standard InChI is InChI=1S/C30H25NO/c1-22-15-17-26(18-16-22)31-29(32)27-14-8-9-23-19-20-30(21-28(23)27,24-10-4-2-5-11-24)25-12-6-3-7-13-25/h2-20H,21H2,1H3,(H,31,32). The predicted octanol–water partition coefficient (Wildman–Crippen LogP) is 6.80. The zero-order chi connectivity index (χ0) is 22.0. The summed E-state index contributed by atoms with van der Waals surface area (Å²) in [6.07, 6.45) is 5.19. The molecule has 0 aliphatic heterocycles. The molecule has 5 rings (SSSR count). The number of aryl methyl sites for hydroxylation is 1. The number of carbonyl (C=O) groups excluding carboxylic acids is 1. The van der Waals surface area contributed by atoms with Gasteiger partial charge >= 0.3 is 0 Å². The van der Waals surface area contributed by atoms with Crippen molar-refractivity contribution in [3.8, 4) is 0 Å². The maximum Gasteiger partial charge on any atom is 0.255 e. The minimum atomic E-state index is -0.324. The van der Waals surface area contributed by atoms with Gasteiger partial charge in [0.2, 0.25) is 0 Å². The van der Waals surface area contributed by atoms with E-state index < -0.39 is 0 Å². The molecule has 2 nitrogen and oxygen atoms in total. The van der Waals surface area contributed by atoms with Crippen molar-refractivity contribution >= 4 is 17.7 Å². The average Bonchev–Trinajstić information content (AvgIpc) is 2.85. The second kappa shape index (κ2) is 8.32. The fourth-order valence-corrected chi connectivity index (χ4v) is 4.61. The Hall–Kier alpha value is -3.91. The highest BCUT2D eigenvalue weighted by molar-refractivity contribution is 6.06. The van der Waals surface area contributed by atoms with E-state index in [1.54, 1.807) is 0 Å². The summed E-state index contributed by atoms with van der Waals surface area (Å²) >= 11 is 0. The summed E-state index contributed by atoms with van der Waals surface area (Å²) in [6, 6.07) is 35.0. The van der Waals surface area contributed by atoms with Crippen molar-refractivity contribution in [2.75, 3.05) is 5.32 Å². The van der Waals surface area contributed by atoms with Gasteiger partial charge in [-0.1, -0.05) is 103 Å². The third-order valence-electron chi connectivity index (χ3n) is 6.35. The van der Waals surface area contributed by atoms with Crippen molar-refractivity contribution < 1.29 is 4.79 Å². The van der Waals surface area contributed by atoms with E-state index in [2.05, 4.69) is 72.1 Å². The maximum atomic E-state index is 13.3. The highest BCUT2D eigenvalue weighted by atomic mass is 16.1. The van der Waals surface area contributed by atoms with Crippen LogP contribution in [-0.4, -0.2) is 5.91 Å². The molecule has 156 valence electrons. The molecule has 1 N–H and O–H groups in total. The number of nitrogens with one attached hydrogen (secondary N) is 1. The topological polar surface area (TPSA) is 29.1 Å². The van der Waals surface area contributed by atoms with Gasteiger partial charge in [0.15, 0.2) is 0 Å². The van der Waals surface area contributed by atoms with Gasteiger partial charge in [0.25, 0.3) is 5.91 Å². The molecule has 4 aromatic rings. The molecular formula is C30H25NO. The first-order chi connectivity index (χ1) is 15.7. The number of carbonyl (C=O) groups is 1. The zero-order valence-corrected chi connectivity index (χ0v) is 18.1. The maximum absolute atomic E-state index is 13.3. The molecule has 0 bridgehead atoms. The molecule has 0 saturated heterocycles. The van der Waals surface area contributed by atoms with E-state index in [0.29, 0.717) is 0 Å². The van der Waals surface area contributed by atoms with Crippen molar-refractivity contribution in [3.05, 3.63) is 143 Å². The van der Waals surface area contributed by atoms with Crippen LogP contribution in [-0.2, 0) is 11.8 Å². The van der Waals surface area contributed by atoms with Gasteiger partial charge in [-0.15, -0.1) is 0 Å². The summed E-state index contributed by atoms with van der Waals surface area (Å²) in [5.41, 5.74) is 7.00. The van der Waals surface area contributed by atoms with Crippen LogP contribution in [0.1, 0.15) is 38.2 Å². The molecule has 0 spiro atoms. The largest absolute Gasteiger partial charge is 0.322 e. The smallest absolute Gasteiger partial charge is 0.255 e. The van der Waals surface area contributed by atoms with Crippen LogP contribution < -0.4 is 5.32 Å². The van der Waals surface area contributed by atoms with Gasteiger partial charge in [0.05, 0.1) is 0 Å². The summed E-state index contributed by atoms with van der Waals surface area (Å²) in [6.45, 7) is 2.04. The monoisotopic (exact) mass is 415 g/mol. The summed E-state index contributed by atoms with van der Waals surface area (Å²) in [5.74, 6) is -0.0731. The summed E-state index contributed by atoms with van der Waals surface area (Å²) in [5, 5.41) is 3.08. The lowest BCUT2D eigenvalue weighted by molar-refractivity contribution is 0.102. The Balaban J connectivity index is 1.58. The van der Waals surface area contributed by atoms with Gasteiger partial charge in [0.1, 0.15) is 0 Å². The van der Waals surface area contributed by atoms with Crippen molar-refractivity contribution in [3.63, 3.8) is 0 Å². The van der Waals surface area contributed by atoms with Crippen LogP contribution in [0.4, 0.5) is 5.69 Å². The summed E-state index contributed by atoms with van der Waals surface area (Å²) in [4.78, 5) is 13.3. The highest BCUT2D eigenvalue weighted by Gasteiger charge is 2.36. The van der Waals surface area contributed by atoms with Gasteiger partial charge in [-0.05, 0) is 53.8 Å². The Morgan fingerprint density at radius 1 is 0.750 bits per heavy atom. The lowest BCUT2D eigenvalue weighted by atomic mass is 9.66. The van der Waals surface area contributed by atoms with Crippen LogP contribution in [0.2, 0.25) is 0 Å². The predicted molar refractivity (Wildman–Crippen MR) is 132 cm³/mol.